The van der Waals surface area contributed by atoms with Gasteiger partial charge in [0.2, 0.25) is 0 Å². The van der Waals surface area contributed by atoms with Crippen LogP contribution in [0.25, 0.3) is 0 Å². The van der Waals surface area contributed by atoms with Gasteiger partial charge in [-0.3, -0.25) is 0 Å². The zero-order valence-electron chi connectivity index (χ0n) is 9.58. The first kappa shape index (κ1) is 11.7. The number of rotatable bonds is 6. The van der Waals surface area contributed by atoms with Crippen molar-refractivity contribution in [1.29, 1.82) is 0 Å². The second-order valence-corrected chi connectivity index (χ2v) is 4.35. The molecule has 2 unspecified atom stereocenters. The van der Waals surface area contributed by atoms with Crippen LogP contribution in [-0.2, 0) is 0 Å². The maximum atomic E-state index is 5.84. The van der Waals surface area contributed by atoms with Gasteiger partial charge in [0.25, 0.3) is 0 Å². The minimum atomic E-state index is 0.310. The van der Waals surface area contributed by atoms with Crippen molar-refractivity contribution in [2.45, 2.75) is 39.2 Å². The van der Waals surface area contributed by atoms with Crippen LogP contribution in [0.1, 0.15) is 33.1 Å². The number of hydrogen-bond donors (Lipinski definition) is 1. The molecule has 0 spiro atoms. The molecule has 2 N–H and O–H groups in total. The molecule has 2 atom stereocenters. The number of hydrogen-bond acceptors (Lipinski definition) is 2. The lowest BCUT2D eigenvalue weighted by Gasteiger charge is -2.24. The lowest BCUT2D eigenvalue weighted by Crippen LogP contribution is -2.31. The average molecular weight is 196 g/mol. The van der Waals surface area contributed by atoms with Crippen molar-refractivity contribution in [3.05, 3.63) is 12.2 Å². The Morgan fingerprint density at radius 1 is 1.21 bits per heavy atom. The molecule has 0 aromatic heterocycles. The van der Waals surface area contributed by atoms with E-state index in [0.717, 1.165) is 6.42 Å². The van der Waals surface area contributed by atoms with Gasteiger partial charge in [0.15, 0.2) is 0 Å². The predicted molar refractivity (Wildman–Crippen MR) is 62.2 cm³/mol. The maximum absolute atomic E-state index is 5.84. The van der Waals surface area contributed by atoms with Gasteiger partial charge in [-0.1, -0.05) is 26.0 Å². The Hall–Kier alpha value is -0.340. The van der Waals surface area contributed by atoms with Gasteiger partial charge >= 0.3 is 0 Å². The van der Waals surface area contributed by atoms with Crippen molar-refractivity contribution < 1.29 is 0 Å². The van der Waals surface area contributed by atoms with E-state index in [2.05, 4.69) is 30.9 Å². The summed E-state index contributed by atoms with van der Waals surface area (Å²) in [5.74, 6) is 0.697. The zero-order chi connectivity index (χ0) is 10.4. The Bertz CT molecular complexity index is 171. The highest BCUT2D eigenvalue weighted by atomic mass is 15.1. The summed E-state index contributed by atoms with van der Waals surface area (Å²) in [5.41, 5.74) is 5.84. The van der Waals surface area contributed by atoms with Gasteiger partial charge in [-0.15, -0.1) is 0 Å². The van der Waals surface area contributed by atoms with Crippen molar-refractivity contribution in [3.8, 4) is 0 Å². The van der Waals surface area contributed by atoms with Crippen LogP contribution in [0.5, 0.6) is 0 Å². The van der Waals surface area contributed by atoms with E-state index in [1.807, 2.05) is 0 Å². The topological polar surface area (TPSA) is 29.3 Å². The van der Waals surface area contributed by atoms with Gasteiger partial charge in [0.05, 0.1) is 0 Å². The molecule has 0 saturated heterocycles. The van der Waals surface area contributed by atoms with E-state index in [4.69, 9.17) is 5.73 Å². The predicted octanol–water partition coefficient (Wildman–Crippen LogP) is 2.01. The molecular weight excluding hydrogens is 172 g/mol. The molecule has 2 nitrogen and oxygen atoms in total. The fourth-order valence-electron chi connectivity index (χ4n) is 2.20. The second-order valence-electron chi connectivity index (χ2n) is 4.35. The van der Waals surface area contributed by atoms with Crippen LogP contribution in [-0.4, -0.2) is 30.6 Å². The van der Waals surface area contributed by atoms with E-state index in [1.165, 1.54) is 32.5 Å². The SMILES string of the molecule is CCCN(CCC)CC1C=CC(N)C1. The van der Waals surface area contributed by atoms with Crippen LogP contribution in [0.2, 0.25) is 0 Å². The van der Waals surface area contributed by atoms with E-state index in [0.29, 0.717) is 12.0 Å². The summed E-state index contributed by atoms with van der Waals surface area (Å²) in [5, 5.41) is 0. The molecule has 0 radical (unpaired) electrons. The molecule has 0 saturated carbocycles. The van der Waals surface area contributed by atoms with Gasteiger partial charge in [-0.05, 0) is 38.3 Å². The molecule has 0 aromatic carbocycles. The fourth-order valence-corrected chi connectivity index (χ4v) is 2.20. The summed E-state index contributed by atoms with van der Waals surface area (Å²) in [7, 11) is 0. The van der Waals surface area contributed by atoms with E-state index < -0.39 is 0 Å². The summed E-state index contributed by atoms with van der Waals surface area (Å²) in [6.07, 6.45) is 8.10. The Balaban J connectivity index is 2.28. The van der Waals surface area contributed by atoms with E-state index in [9.17, 15) is 0 Å². The Kier molecular flexibility index (Phi) is 5.20. The van der Waals surface area contributed by atoms with E-state index in [-0.39, 0.29) is 0 Å². The lowest BCUT2D eigenvalue weighted by molar-refractivity contribution is 0.246. The third-order valence-electron chi connectivity index (χ3n) is 2.78. The van der Waals surface area contributed by atoms with Crippen molar-refractivity contribution >= 4 is 0 Å². The van der Waals surface area contributed by atoms with Crippen LogP contribution >= 0.6 is 0 Å². The molecule has 0 amide bonds. The third-order valence-corrected chi connectivity index (χ3v) is 2.78. The quantitative estimate of drug-likeness (QED) is 0.658. The minimum Gasteiger partial charge on any atom is -0.324 e. The number of nitrogens with two attached hydrogens (primary N) is 1. The van der Waals surface area contributed by atoms with Crippen LogP contribution < -0.4 is 5.73 Å². The molecule has 1 aliphatic rings. The molecule has 82 valence electrons. The highest BCUT2D eigenvalue weighted by molar-refractivity contribution is 5.05. The van der Waals surface area contributed by atoms with Crippen molar-refractivity contribution in [1.82, 2.24) is 4.90 Å². The van der Waals surface area contributed by atoms with Crippen LogP contribution in [0.4, 0.5) is 0 Å². The molecule has 1 rings (SSSR count). The minimum absolute atomic E-state index is 0.310. The van der Waals surface area contributed by atoms with Gasteiger partial charge in [-0.2, -0.15) is 0 Å². The first-order valence-electron chi connectivity index (χ1n) is 5.92. The Morgan fingerprint density at radius 3 is 2.29 bits per heavy atom. The standard InChI is InChI=1S/C12H24N2/c1-3-7-14(8-4-2)10-11-5-6-12(13)9-11/h5-6,11-12H,3-4,7-10,13H2,1-2H3. The first-order valence-corrected chi connectivity index (χ1v) is 5.92. The molecule has 0 heterocycles. The molecule has 14 heavy (non-hydrogen) atoms. The maximum Gasteiger partial charge on any atom is 0.0229 e. The van der Waals surface area contributed by atoms with Gasteiger partial charge in [0, 0.05) is 12.6 Å². The molecule has 0 aromatic rings. The zero-order valence-corrected chi connectivity index (χ0v) is 9.58. The summed E-state index contributed by atoms with van der Waals surface area (Å²) in [6, 6.07) is 0.310. The summed E-state index contributed by atoms with van der Waals surface area (Å²) < 4.78 is 0. The normalized spacial score (nSPS) is 26.3. The second kappa shape index (κ2) is 6.20. The van der Waals surface area contributed by atoms with Crippen LogP contribution in [0, 0.1) is 5.92 Å². The summed E-state index contributed by atoms with van der Waals surface area (Å²) >= 11 is 0. The van der Waals surface area contributed by atoms with Crippen molar-refractivity contribution in [2.75, 3.05) is 19.6 Å². The van der Waals surface area contributed by atoms with Gasteiger partial charge in [0.1, 0.15) is 0 Å². The Labute approximate surface area is 88.2 Å². The summed E-state index contributed by atoms with van der Waals surface area (Å²) in [6.45, 7) is 8.16. The Morgan fingerprint density at radius 2 is 1.86 bits per heavy atom. The van der Waals surface area contributed by atoms with Gasteiger partial charge < -0.3 is 10.6 Å². The third kappa shape index (κ3) is 3.81. The van der Waals surface area contributed by atoms with Crippen molar-refractivity contribution in [3.63, 3.8) is 0 Å². The van der Waals surface area contributed by atoms with Crippen LogP contribution in [0.3, 0.4) is 0 Å². The monoisotopic (exact) mass is 196 g/mol. The molecule has 0 fully saturated rings. The van der Waals surface area contributed by atoms with E-state index in [1.54, 1.807) is 0 Å². The molecule has 0 aliphatic heterocycles. The van der Waals surface area contributed by atoms with E-state index >= 15 is 0 Å². The summed E-state index contributed by atoms with van der Waals surface area (Å²) in [4.78, 5) is 2.56. The van der Waals surface area contributed by atoms with Crippen LogP contribution in [0.15, 0.2) is 12.2 Å². The smallest absolute Gasteiger partial charge is 0.0229 e. The molecule has 2 heteroatoms. The van der Waals surface area contributed by atoms with Gasteiger partial charge in [-0.25, -0.2) is 0 Å². The molecule has 1 aliphatic carbocycles. The first-order chi connectivity index (χ1) is 6.76. The fraction of sp³-hybridized carbons (Fsp3) is 0.833. The highest BCUT2D eigenvalue weighted by Crippen LogP contribution is 2.17. The molecular formula is C12H24N2. The van der Waals surface area contributed by atoms with Crippen molar-refractivity contribution in [2.24, 2.45) is 11.7 Å². The average Bonchev–Trinajstić information content (AvgIpc) is 2.52. The number of nitrogens with zero attached hydrogens (tertiary/aromatic N) is 1. The highest BCUT2D eigenvalue weighted by Gasteiger charge is 2.17. The largest absolute Gasteiger partial charge is 0.324 e. The molecule has 0 bridgehead atoms. The lowest BCUT2D eigenvalue weighted by atomic mass is 10.1.